The van der Waals surface area contributed by atoms with Crippen molar-refractivity contribution in [2.75, 3.05) is 42.1 Å². The van der Waals surface area contributed by atoms with Crippen molar-refractivity contribution in [3.8, 4) is 0 Å². The van der Waals surface area contributed by atoms with E-state index in [0.717, 1.165) is 24.8 Å². The summed E-state index contributed by atoms with van der Waals surface area (Å²) in [5, 5.41) is 2.78. The molecule has 1 amide bonds. The molecule has 5 nitrogen and oxygen atoms in total. The van der Waals surface area contributed by atoms with Crippen molar-refractivity contribution in [2.45, 2.75) is 38.1 Å². The number of nitrogens with one attached hydrogen (secondary N) is 1. The average molecular weight is 328 g/mol. The van der Waals surface area contributed by atoms with Crippen LogP contribution in [0.15, 0.2) is 30.9 Å². The minimum atomic E-state index is -0.234. The third-order valence-corrected chi connectivity index (χ3v) is 5.22. The van der Waals surface area contributed by atoms with E-state index in [1.165, 1.54) is 51.3 Å². The van der Waals surface area contributed by atoms with Crippen molar-refractivity contribution < 1.29 is 4.79 Å². The van der Waals surface area contributed by atoms with Crippen LogP contribution in [0.4, 0.5) is 17.1 Å². The highest BCUT2D eigenvalue weighted by Crippen LogP contribution is 2.29. The lowest BCUT2D eigenvalue weighted by Crippen LogP contribution is -2.46. The lowest BCUT2D eigenvalue weighted by molar-refractivity contribution is -0.111. The van der Waals surface area contributed by atoms with Gasteiger partial charge in [-0.2, -0.15) is 0 Å². The van der Waals surface area contributed by atoms with Gasteiger partial charge in [-0.3, -0.25) is 4.79 Å². The number of carbonyl (C=O) groups excluding carboxylic acids is 1. The smallest absolute Gasteiger partial charge is 0.247 e. The van der Waals surface area contributed by atoms with Crippen molar-refractivity contribution in [3.63, 3.8) is 0 Å². The zero-order valence-electron chi connectivity index (χ0n) is 14.3. The van der Waals surface area contributed by atoms with Crippen LogP contribution in [-0.2, 0) is 4.79 Å². The van der Waals surface area contributed by atoms with E-state index in [2.05, 4.69) is 21.7 Å². The van der Waals surface area contributed by atoms with Gasteiger partial charge in [-0.15, -0.1) is 0 Å². The van der Waals surface area contributed by atoms with Crippen molar-refractivity contribution in [1.82, 2.24) is 4.90 Å². The molecule has 130 valence electrons. The predicted molar refractivity (Wildman–Crippen MR) is 100 cm³/mol. The first-order chi connectivity index (χ1) is 11.7. The first-order valence-corrected chi connectivity index (χ1v) is 8.99. The monoisotopic (exact) mass is 328 g/mol. The van der Waals surface area contributed by atoms with Gasteiger partial charge in [0.25, 0.3) is 0 Å². The highest BCUT2D eigenvalue weighted by Gasteiger charge is 2.25. The molecule has 0 radical (unpaired) electrons. The van der Waals surface area contributed by atoms with Crippen LogP contribution in [0.1, 0.15) is 32.1 Å². The van der Waals surface area contributed by atoms with E-state index in [4.69, 9.17) is 5.73 Å². The van der Waals surface area contributed by atoms with Gasteiger partial charge in [0.2, 0.25) is 5.91 Å². The van der Waals surface area contributed by atoms with E-state index in [9.17, 15) is 4.79 Å². The molecule has 2 aliphatic rings. The molecule has 0 saturated carbocycles. The molecule has 5 heteroatoms. The van der Waals surface area contributed by atoms with Crippen LogP contribution in [0.3, 0.4) is 0 Å². The molecule has 2 heterocycles. The number of anilines is 3. The van der Waals surface area contributed by atoms with Crippen LogP contribution in [0.5, 0.6) is 0 Å². The van der Waals surface area contributed by atoms with Crippen molar-refractivity contribution in [2.24, 2.45) is 0 Å². The number of amides is 1. The number of likely N-dealkylation sites (tertiary alicyclic amines) is 1. The minimum Gasteiger partial charge on any atom is -0.397 e. The van der Waals surface area contributed by atoms with Crippen LogP contribution in [0, 0.1) is 0 Å². The molecule has 0 spiro atoms. The molecule has 0 aliphatic carbocycles. The van der Waals surface area contributed by atoms with Crippen molar-refractivity contribution in [3.05, 3.63) is 30.9 Å². The number of nitrogens with two attached hydrogens (primary N) is 1. The topological polar surface area (TPSA) is 61.6 Å². The Bertz CT molecular complexity index is 587. The average Bonchev–Trinajstić information content (AvgIpc) is 2.64. The summed E-state index contributed by atoms with van der Waals surface area (Å²) < 4.78 is 0. The molecule has 2 saturated heterocycles. The summed E-state index contributed by atoms with van der Waals surface area (Å²) in [4.78, 5) is 16.6. The summed E-state index contributed by atoms with van der Waals surface area (Å²) in [6.45, 7) is 8.13. The Kier molecular flexibility index (Phi) is 5.41. The number of carbonyl (C=O) groups is 1. The number of nitrogen functional groups attached to an aromatic ring is 1. The van der Waals surface area contributed by atoms with Crippen molar-refractivity contribution >= 4 is 23.0 Å². The maximum Gasteiger partial charge on any atom is 0.247 e. The minimum absolute atomic E-state index is 0.234. The number of benzene rings is 1. The fourth-order valence-corrected chi connectivity index (χ4v) is 3.81. The Labute approximate surface area is 144 Å². The van der Waals surface area contributed by atoms with Crippen LogP contribution >= 0.6 is 0 Å². The Hall–Kier alpha value is -2.01. The maximum absolute atomic E-state index is 11.5. The van der Waals surface area contributed by atoms with Gasteiger partial charge in [0.05, 0.1) is 11.4 Å². The van der Waals surface area contributed by atoms with Gasteiger partial charge < -0.3 is 20.9 Å². The van der Waals surface area contributed by atoms with E-state index in [-0.39, 0.29) is 5.91 Å². The van der Waals surface area contributed by atoms with Gasteiger partial charge >= 0.3 is 0 Å². The Morgan fingerprint density at radius 1 is 1.17 bits per heavy atom. The second kappa shape index (κ2) is 7.71. The van der Waals surface area contributed by atoms with E-state index < -0.39 is 0 Å². The normalized spacial score (nSPS) is 19.9. The molecule has 1 aromatic carbocycles. The second-order valence-electron chi connectivity index (χ2n) is 6.78. The molecule has 24 heavy (non-hydrogen) atoms. The van der Waals surface area contributed by atoms with Crippen LogP contribution in [0.25, 0.3) is 0 Å². The van der Waals surface area contributed by atoms with Gasteiger partial charge in [0, 0.05) is 24.8 Å². The van der Waals surface area contributed by atoms with Gasteiger partial charge in [0.15, 0.2) is 0 Å². The van der Waals surface area contributed by atoms with Crippen molar-refractivity contribution in [1.29, 1.82) is 0 Å². The first-order valence-electron chi connectivity index (χ1n) is 8.99. The van der Waals surface area contributed by atoms with E-state index in [0.29, 0.717) is 11.4 Å². The molecule has 2 fully saturated rings. The second-order valence-corrected chi connectivity index (χ2v) is 6.78. The predicted octanol–water partition coefficient (Wildman–Crippen LogP) is 2.85. The third kappa shape index (κ3) is 3.90. The summed E-state index contributed by atoms with van der Waals surface area (Å²) in [6.07, 6.45) is 7.77. The van der Waals surface area contributed by atoms with Gasteiger partial charge in [-0.1, -0.05) is 13.0 Å². The fourth-order valence-electron chi connectivity index (χ4n) is 3.81. The first kappa shape index (κ1) is 16.8. The molecular weight excluding hydrogens is 300 g/mol. The Morgan fingerprint density at radius 3 is 2.54 bits per heavy atom. The Balaban J connectivity index is 1.62. The number of nitrogens with zero attached hydrogens (tertiary/aromatic N) is 2. The number of hydrogen-bond acceptors (Lipinski definition) is 4. The molecule has 2 aliphatic heterocycles. The molecular formula is C19H28N4O. The van der Waals surface area contributed by atoms with Crippen LogP contribution in [-0.4, -0.2) is 43.0 Å². The molecule has 1 aromatic rings. The quantitative estimate of drug-likeness (QED) is 0.659. The molecule has 3 N–H and O–H groups in total. The molecule has 3 rings (SSSR count). The Morgan fingerprint density at radius 2 is 1.88 bits per heavy atom. The number of piperidine rings is 2. The lowest BCUT2D eigenvalue weighted by Gasteiger charge is -2.41. The van der Waals surface area contributed by atoms with E-state index in [1.54, 1.807) is 0 Å². The maximum atomic E-state index is 11.5. The third-order valence-electron chi connectivity index (χ3n) is 5.22. The highest BCUT2D eigenvalue weighted by atomic mass is 16.1. The molecule has 0 bridgehead atoms. The fraction of sp³-hybridized carbons (Fsp3) is 0.526. The molecule has 0 unspecified atom stereocenters. The van der Waals surface area contributed by atoms with Gasteiger partial charge in [0.1, 0.15) is 0 Å². The number of hydrogen-bond donors (Lipinski definition) is 2. The highest BCUT2D eigenvalue weighted by molar-refractivity contribution is 6.01. The summed E-state index contributed by atoms with van der Waals surface area (Å²) >= 11 is 0. The van der Waals surface area contributed by atoms with E-state index in [1.807, 2.05) is 18.2 Å². The zero-order chi connectivity index (χ0) is 16.9. The lowest BCUT2D eigenvalue weighted by atomic mass is 9.99. The summed E-state index contributed by atoms with van der Waals surface area (Å²) in [7, 11) is 0. The van der Waals surface area contributed by atoms with Gasteiger partial charge in [-0.05, 0) is 63.0 Å². The van der Waals surface area contributed by atoms with Crippen LogP contribution in [0.2, 0.25) is 0 Å². The number of rotatable bonds is 4. The summed E-state index contributed by atoms with van der Waals surface area (Å²) in [6, 6.07) is 6.61. The van der Waals surface area contributed by atoms with Gasteiger partial charge in [-0.25, -0.2) is 0 Å². The van der Waals surface area contributed by atoms with E-state index >= 15 is 0 Å². The largest absolute Gasteiger partial charge is 0.397 e. The summed E-state index contributed by atoms with van der Waals surface area (Å²) in [5.41, 5.74) is 8.34. The zero-order valence-corrected chi connectivity index (χ0v) is 14.3. The van der Waals surface area contributed by atoms with Crippen LogP contribution < -0.4 is 16.0 Å². The standard InChI is InChI=1S/C19H28N4O/c1-2-19(24)21-18-14-16(6-7-17(18)20)23-12-8-15(9-13-23)22-10-4-3-5-11-22/h2,6-7,14-15H,1,3-5,8-13,20H2,(H,21,24). The summed E-state index contributed by atoms with van der Waals surface area (Å²) in [5.74, 6) is -0.234. The SMILES string of the molecule is C=CC(=O)Nc1cc(N2CCC(N3CCCCC3)CC2)ccc1N. The molecule has 0 aromatic heterocycles. The molecule has 0 atom stereocenters.